The van der Waals surface area contributed by atoms with E-state index in [0.29, 0.717) is 6.42 Å². The van der Waals surface area contributed by atoms with Gasteiger partial charge in [-0.05, 0) is 19.3 Å². The van der Waals surface area contributed by atoms with E-state index in [0.717, 1.165) is 12.8 Å². The molecular formula is C23H40O6. The van der Waals surface area contributed by atoms with Crippen LogP contribution in [-0.4, -0.2) is 47.1 Å². The molecule has 29 heavy (non-hydrogen) atoms. The number of allylic oxidation sites excluding steroid dienone is 2. The van der Waals surface area contributed by atoms with Gasteiger partial charge in [0.2, 0.25) is 5.78 Å². The van der Waals surface area contributed by atoms with Crippen molar-refractivity contribution in [2.45, 2.75) is 103 Å². The molecule has 0 rings (SSSR count). The number of Topliss-reactive ketones (excluding diaryl/α,β-unsaturated/α-hetero) is 2. The molecule has 0 aliphatic heterocycles. The molecule has 0 saturated heterocycles. The lowest BCUT2D eigenvalue weighted by Crippen LogP contribution is -2.29. The van der Waals surface area contributed by atoms with Crippen LogP contribution >= 0.6 is 0 Å². The molecular weight excluding hydrogens is 372 g/mol. The molecule has 0 bridgehead atoms. The Bertz CT molecular complexity index is 472. The van der Waals surface area contributed by atoms with E-state index >= 15 is 0 Å². The highest BCUT2D eigenvalue weighted by molar-refractivity contribution is 6.62. The van der Waals surface area contributed by atoms with Crippen LogP contribution in [-0.2, 0) is 19.1 Å². The van der Waals surface area contributed by atoms with Crippen LogP contribution in [0.2, 0.25) is 0 Å². The van der Waals surface area contributed by atoms with Gasteiger partial charge in [-0.25, -0.2) is 4.79 Å². The number of carbonyl (C=O) groups is 3. The molecule has 0 aromatic rings. The van der Waals surface area contributed by atoms with Crippen molar-refractivity contribution in [2.75, 3.05) is 13.2 Å². The molecule has 0 aliphatic rings. The minimum atomic E-state index is -1.28. The summed E-state index contributed by atoms with van der Waals surface area (Å²) >= 11 is 0. The topological polar surface area (TPSA) is 101 Å². The lowest BCUT2D eigenvalue weighted by Gasteiger charge is -2.07. The van der Waals surface area contributed by atoms with E-state index in [9.17, 15) is 14.4 Å². The maximum Gasteiger partial charge on any atom is 0.382 e. The van der Waals surface area contributed by atoms with Crippen LogP contribution in [0.25, 0.3) is 0 Å². The molecule has 1 atom stereocenters. The predicted molar refractivity (Wildman–Crippen MR) is 114 cm³/mol. The minimum absolute atomic E-state index is 0.0365. The maximum atomic E-state index is 11.6. The molecule has 0 amide bonds. The van der Waals surface area contributed by atoms with E-state index in [4.69, 9.17) is 10.2 Å². The molecule has 168 valence electrons. The lowest BCUT2D eigenvalue weighted by molar-refractivity contribution is -0.159. The normalized spacial score (nSPS) is 12.2. The Morgan fingerprint density at radius 3 is 1.90 bits per heavy atom. The highest BCUT2D eigenvalue weighted by Gasteiger charge is 2.24. The fourth-order valence-corrected chi connectivity index (χ4v) is 2.89. The van der Waals surface area contributed by atoms with Crippen LogP contribution in [0.4, 0.5) is 0 Å². The van der Waals surface area contributed by atoms with Gasteiger partial charge >= 0.3 is 11.8 Å². The van der Waals surface area contributed by atoms with Crippen molar-refractivity contribution in [1.82, 2.24) is 0 Å². The average Bonchev–Trinajstić information content (AvgIpc) is 2.73. The summed E-state index contributed by atoms with van der Waals surface area (Å²) in [5.41, 5.74) is 0. The molecule has 0 heterocycles. The van der Waals surface area contributed by atoms with Gasteiger partial charge in [0.15, 0.2) is 0 Å². The van der Waals surface area contributed by atoms with Crippen LogP contribution in [0, 0.1) is 0 Å². The first-order chi connectivity index (χ1) is 14.0. The van der Waals surface area contributed by atoms with Crippen LogP contribution in [0.3, 0.4) is 0 Å². The second-order valence-corrected chi connectivity index (χ2v) is 7.52. The Kier molecular flexibility index (Phi) is 18.7. The van der Waals surface area contributed by atoms with E-state index in [2.05, 4.69) is 11.7 Å². The van der Waals surface area contributed by atoms with E-state index < -0.39 is 36.9 Å². The van der Waals surface area contributed by atoms with Crippen LogP contribution < -0.4 is 0 Å². The van der Waals surface area contributed by atoms with Crippen molar-refractivity contribution in [2.24, 2.45) is 0 Å². The maximum absolute atomic E-state index is 11.6. The Morgan fingerprint density at radius 1 is 0.828 bits per heavy atom. The third-order valence-corrected chi connectivity index (χ3v) is 4.74. The highest BCUT2D eigenvalue weighted by Crippen LogP contribution is 2.12. The monoisotopic (exact) mass is 412 g/mol. The Morgan fingerprint density at radius 2 is 1.34 bits per heavy atom. The summed E-state index contributed by atoms with van der Waals surface area (Å²) in [5.74, 6) is -3.30. The molecule has 0 aliphatic carbocycles. The molecule has 0 radical (unpaired) electrons. The number of unbranched alkanes of at least 4 members (excludes halogenated alkanes) is 11. The van der Waals surface area contributed by atoms with Gasteiger partial charge in [-0.2, -0.15) is 0 Å². The largest absolute Gasteiger partial charge is 0.457 e. The number of aliphatic hydroxyl groups excluding tert-OH is 2. The quantitative estimate of drug-likeness (QED) is 0.103. The zero-order valence-electron chi connectivity index (χ0n) is 18.1. The van der Waals surface area contributed by atoms with E-state index in [-0.39, 0.29) is 6.42 Å². The molecule has 0 spiro atoms. The van der Waals surface area contributed by atoms with E-state index in [1.807, 2.05) is 12.2 Å². The van der Waals surface area contributed by atoms with E-state index in [1.165, 1.54) is 64.2 Å². The number of hydrogen-bond acceptors (Lipinski definition) is 6. The lowest BCUT2D eigenvalue weighted by atomic mass is 10.1. The van der Waals surface area contributed by atoms with Crippen LogP contribution in [0.5, 0.6) is 0 Å². The molecule has 0 saturated carbocycles. The minimum Gasteiger partial charge on any atom is -0.457 e. The van der Waals surface area contributed by atoms with Crippen molar-refractivity contribution in [3.8, 4) is 0 Å². The van der Waals surface area contributed by atoms with Crippen molar-refractivity contribution >= 4 is 17.5 Å². The van der Waals surface area contributed by atoms with Crippen LogP contribution in [0.1, 0.15) is 96.8 Å². The Labute approximate surface area is 175 Å². The van der Waals surface area contributed by atoms with E-state index in [1.54, 1.807) is 0 Å². The van der Waals surface area contributed by atoms with Crippen molar-refractivity contribution in [3.05, 3.63) is 12.2 Å². The van der Waals surface area contributed by atoms with Gasteiger partial charge in [0, 0.05) is 6.42 Å². The smallest absolute Gasteiger partial charge is 0.382 e. The second kappa shape index (κ2) is 19.8. The summed E-state index contributed by atoms with van der Waals surface area (Å²) in [4.78, 5) is 34.5. The first-order valence-electron chi connectivity index (χ1n) is 11.2. The third-order valence-electron chi connectivity index (χ3n) is 4.74. The van der Waals surface area contributed by atoms with Crippen molar-refractivity contribution < 1.29 is 29.3 Å². The number of aliphatic hydroxyl groups is 2. The standard InChI is InChI=1S/C23H40O6/c1-2-3-4-5-6-7-8-9-10-11-12-13-14-15-16-17-21(26)22(27)23(28)29-19-20(25)18-24/h14-15,20,24-25H,2-13,16-19H2,1H3. The molecule has 0 aromatic carbocycles. The van der Waals surface area contributed by atoms with Gasteiger partial charge in [0.25, 0.3) is 0 Å². The van der Waals surface area contributed by atoms with Gasteiger partial charge in [-0.3, -0.25) is 9.59 Å². The Balaban J connectivity index is 3.55. The summed E-state index contributed by atoms with van der Waals surface area (Å²) < 4.78 is 4.47. The molecule has 0 fully saturated rings. The number of ether oxygens (including phenoxy) is 1. The third kappa shape index (κ3) is 17.1. The van der Waals surface area contributed by atoms with Crippen molar-refractivity contribution in [1.29, 1.82) is 0 Å². The van der Waals surface area contributed by atoms with Gasteiger partial charge in [-0.15, -0.1) is 0 Å². The summed E-state index contributed by atoms with van der Waals surface area (Å²) in [6, 6.07) is 0. The fraction of sp³-hybridized carbons (Fsp3) is 0.783. The molecule has 2 N–H and O–H groups in total. The summed E-state index contributed by atoms with van der Waals surface area (Å²) in [6.07, 6.45) is 18.3. The number of rotatable bonds is 20. The number of esters is 1. The summed E-state index contributed by atoms with van der Waals surface area (Å²) in [7, 11) is 0. The number of carbonyl (C=O) groups excluding carboxylic acids is 3. The first kappa shape index (κ1) is 27.5. The van der Waals surface area contributed by atoms with Crippen molar-refractivity contribution in [3.63, 3.8) is 0 Å². The predicted octanol–water partition coefficient (Wildman–Crippen LogP) is 4.06. The first-order valence-corrected chi connectivity index (χ1v) is 11.2. The zero-order chi connectivity index (χ0) is 21.7. The average molecular weight is 413 g/mol. The zero-order valence-corrected chi connectivity index (χ0v) is 18.1. The Hall–Kier alpha value is -1.53. The molecule has 0 aromatic heterocycles. The summed E-state index contributed by atoms with van der Waals surface area (Å²) in [5, 5.41) is 17.6. The molecule has 1 unspecified atom stereocenters. The molecule has 6 heteroatoms. The van der Waals surface area contributed by atoms with Gasteiger partial charge in [-0.1, -0.05) is 83.3 Å². The van der Waals surface area contributed by atoms with Gasteiger partial charge in [0.1, 0.15) is 12.7 Å². The molecule has 6 nitrogen and oxygen atoms in total. The SMILES string of the molecule is CCCCCCCCCCCCCC=CCCC(=O)C(=O)C(=O)OCC(O)CO. The van der Waals surface area contributed by atoms with Gasteiger partial charge < -0.3 is 14.9 Å². The second-order valence-electron chi connectivity index (χ2n) is 7.52. The number of hydrogen-bond donors (Lipinski definition) is 2. The fourth-order valence-electron chi connectivity index (χ4n) is 2.89. The highest BCUT2D eigenvalue weighted by atomic mass is 16.5. The van der Waals surface area contributed by atoms with Crippen LogP contribution in [0.15, 0.2) is 12.2 Å². The van der Waals surface area contributed by atoms with Gasteiger partial charge in [0.05, 0.1) is 6.61 Å². The number of ketones is 2. The summed E-state index contributed by atoms with van der Waals surface area (Å²) in [6.45, 7) is 1.15.